The van der Waals surface area contributed by atoms with Crippen LogP contribution in [0.25, 0.3) is 0 Å². The number of hydrogen-bond donors (Lipinski definition) is 3. The lowest BCUT2D eigenvalue weighted by Crippen LogP contribution is -2.30. The van der Waals surface area contributed by atoms with Crippen molar-refractivity contribution in [1.82, 2.24) is 14.9 Å². The molecule has 22 heavy (non-hydrogen) atoms. The highest BCUT2D eigenvalue weighted by atomic mass is 16.3. The molecule has 0 amide bonds. The third kappa shape index (κ3) is 3.46. The van der Waals surface area contributed by atoms with Crippen molar-refractivity contribution in [3.63, 3.8) is 0 Å². The molecule has 1 heterocycles. The highest BCUT2D eigenvalue weighted by Gasteiger charge is 2.12. The fraction of sp³-hybridized carbons (Fsp3) is 0.375. The Hall–Kier alpha value is -2.34. The molecular weight excluding hydrogens is 282 g/mol. The summed E-state index contributed by atoms with van der Waals surface area (Å²) in [5.74, 6) is 0.282. The van der Waals surface area contributed by atoms with Crippen LogP contribution in [0.5, 0.6) is 5.75 Å². The molecule has 6 nitrogen and oxygen atoms in total. The lowest BCUT2D eigenvalue weighted by molar-refractivity contribution is 0.309. The summed E-state index contributed by atoms with van der Waals surface area (Å²) < 4.78 is 0. The molecule has 0 fully saturated rings. The predicted molar refractivity (Wildman–Crippen MR) is 85.2 cm³/mol. The van der Waals surface area contributed by atoms with Gasteiger partial charge in [0, 0.05) is 24.3 Å². The molecular formula is C16H21N3O3. The zero-order chi connectivity index (χ0) is 16.4. The van der Waals surface area contributed by atoms with Crippen molar-refractivity contribution in [2.24, 2.45) is 0 Å². The number of aromatic hydroxyl groups is 1. The van der Waals surface area contributed by atoms with Crippen LogP contribution in [-0.4, -0.2) is 27.0 Å². The first-order valence-electron chi connectivity index (χ1n) is 7.07. The van der Waals surface area contributed by atoms with Gasteiger partial charge in [0.05, 0.1) is 5.56 Å². The maximum atomic E-state index is 11.9. The molecule has 0 aliphatic carbocycles. The van der Waals surface area contributed by atoms with Gasteiger partial charge in [-0.2, -0.15) is 0 Å². The summed E-state index contributed by atoms with van der Waals surface area (Å²) in [7, 11) is 1.86. The van der Waals surface area contributed by atoms with Crippen LogP contribution >= 0.6 is 0 Å². The second-order valence-corrected chi connectivity index (χ2v) is 5.77. The number of phenols is 1. The topological polar surface area (TPSA) is 89.2 Å². The van der Waals surface area contributed by atoms with Gasteiger partial charge in [0.2, 0.25) is 0 Å². The predicted octanol–water partition coefficient (Wildman–Crippen LogP) is 1.33. The summed E-state index contributed by atoms with van der Waals surface area (Å²) in [6.07, 6.45) is 0. The number of aromatic nitrogens is 2. The van der Waals surface area contributed by atoms with E-state index in [1.807, 2.05) is 37.9 Å². The Morgan fingerprint density at radius 1 is 1.09 bits per heavy atom. The Labute approximate surface area is 128 Å². The van der Waals surface area contributed by atoms with E-state index >= 15 is 0 Å². The van der Waals surface area contributed by atoms with Gasteiger partial charge in [0.25, 0.3) is 5.56 Å². The van der Waals surface area contributed by atoms with Crippen LogP contribution < -0.4 is 11.2 Å². The normalized spacial score (nSPS) is 11.1. The number of nitrogens with one attached hydrogen (secondary N) is 2. The SMILES string of the molecule is Cc1cc(C)c(O)c(CN(C)Cc2c(C)[nH]c(=O)[nH]c2=O)c1. The van der Waals surface area contributed by atoms with Gasteiger partial charge in [-0.15, -0.1) is 0 Å². The second kappa shape index (κ2) is 6.19. The van der Waals surface area contributed by atoms with Gasteiger partial charge in [0.1, 0.15) is 5.75 Å². The van der Waals surface area contributed by atoms with Gasteiger partial charge in [-0.3, -0.25) is 14.7 Å². The van der Waals surface area contributed by atoms with E-state index in [-0.39, 0.29) is 11.3 Å². The van der Waals surface area contributed by atoms with E-state index in [0.717, 1.165) is 16.7 Å². The zero-order valence-corrected chi connectivity index (χ0v) is 13.3. The Balaban J connectivity index is 2.23. The molecule has 0 radical (unpaired) electrons. The highest BCUT2D eigenvalue weighted by molar-refractivity contribution is 5.42. The fourth-order valence-electron chi connectivity index (χ4n) is 2.60. The quantitative estimate of drug-likeness (QED) is 0.795. The molecule has 1 aromatic carbocycles. The highest BCUT2D eigenvalue weighted by Crippen LogP contribution is 2.25. The minimum absolute atomic E-state index is 0.282. The average molecular weight is 303 g/mol. The summed E-state index contributed by atoms with van der Waals surface area (Å²) in [4.78, 5) is 29.8. The number of nitrogens with zero attached hydrogens (tertiary/aromatic N) is 1. The van der Waals surface area contributed by atoms with E-state index in [1.165, 1.54) is 0 Å². The first-order valence-corrected chi connectivity index (χ1v) is 7.07. The first-order chi connectivity index (χ1) is 10.3. The molecule has 118 valence electrons. The molecule has 0 saturated heterocycles. The van der Waals surface area contributed by atoms with Crippen LogP contribution in [0.3, 0.4) is 0 Å². The average Bonchev–Trinajstić information content (AvgIpc) is 2.39. The fourth-order valence-corrected chi connectivity index (χ4v) is 2.60. The minimum Gasteiger partial charge on any atom is -0.507 e. The minimum atomic E-state index is -0.499. The molecule has 0 atom stereocenters. The van der Waals surface area contributed by atoms with Crippen LogP contribution in [0.4, 0.5) is 0 Å². The van der Waals surface area contributed by atoms with E-state index in [4.69, 9.17) is 0 Å². The van der Waals surface area contributed by atoms with Crippen molar-refractivity contribution in [3.8, 4) is 5.75 Å². The number of hydrogen-bond acceptors (Lipinski definition) is 4. The van der Waals surface area contributed by atoms with Crippen molar-refractivity contribution in [1.29, 1.82) is 0 Å². The third-order valence-corrected chi connectivity index (χ3v) is 3.65. The number of H-pyrrole nitrogens is 2. The standard InChI is InChI=1S/C16H21N3O3/c1-9-5-10(2)14(20)12(6-9)7-19(4)8-13-11(3)17-16(22)18-15(13)21/h5-6,20H,7-8H2,1-4H3,(H2,17,18,21,22). The van der Waals surface area contributed by atoms with Crippen LogP contribution in [0.1, 0.15) is 27.9 Å². The molecule has 0 aliphatic heterocycles. The smallest absolute Gasteiger partial charge is 0.325 e. The summed E-state index contributed by atoms with van der Waals surface area (Å²) in [6.45, 7) is 6.43. The Bertz CT molecular complexity index is 805. The number of benzene rings is 1. The molecule has 1 aromatic heterocycles. The van der Waals surface area contributed by atoms with Gasteiger partial charge in [-0.25, -0.2) is 4.79 Å². The molecule has 0 bridgehead atoms. The van der Waals surface area contributed by atoms with Crippen molar-refractivity contribution >= 4 is 0 Å². The number of aryl methyl sites for hydroxylation is 3. The van der Waals surface area contributed by atoms with Crippen molar-refractivity contribution < 1.29 is 5.11 Å². The summed E-state index contributed by atoms with van der Waals surface area (Å²) >= 11 is 0. The molecule has 3 N–H and O–H groups in total. The van der Waals surface area contributed by atoms with Gasteiger partial charge < -0.3 is 10.1 Å². The molecule has 0 aliphatic rings. The van der Waals surface area contributed by atoms with Crippen molar-refractivity contribution in [2.45, 2.75) is 33.9 Å². The molecule has 0 spiro atoms. The lowest BCUT2D eigenvalue weighted by Gasteiger charge is -2.19. The molecule has 2 aromatic rings. The first kappa shape index (κ1) is 16.0. The molecule has 0 unspecified atom stereocenters. The van der Waals surface area contributed by atoms with Crippen LogP contribution in [0, 0.1) is 20.8 Å². The van der Waals surface area contributed by atoms with E-state index in [9.17, 15) is 14.7 Å². The van der Waals surface area contributed by atoms with Crippen molar-refractivity contribution in [2.75, 3.05) is 7.05 Å². The second-order valence-electron chi connectivity index (χ2n) is 5.77. The molecule has 0 saturated carbocycles. The number of phenolic OH excluding ortho intramolecular Hbond substituents is 1. The zero-order valence-electron chi connectivity index (χ0n) is 13.3. The number of rotatable bonds is 4. The summed E-state index contributed by atoms with van der Waals surface area (Å²) in [6, 6.07) is 3.86. The summed E-state index contributed by atoms with van der Waals surface area (Å²) in [5.41, 5.74) is 2.94. The lowest BCUT2D eigenvalue weighted by atomic mass is 10.1. The van der Waals surface area contributed by atoms with E-state index in [2.05, 4.69) is 9.97 Å². The van der Waals surface area contributed by atoms with Gasteiger partial charge >= 0.3 is 5.69 Å². The van der Waals surface area contributed by atoms with E-state index in [1.54, 1.807) is 6.92 Å². The van der Waals surface area contributed by atoms with Gasteiger partial charge in [-0.1, -0.05) is 17.7 Å². The van der Waals surface area contributed by atoms with Gasteiger partial charge in [-0.05, 0) is 33.4 Å². The van der Waals surface area contributed by atoms with E-state index in [0.29, 0.717) is 24.3 Å². The third-order valence-electron chi connectivity index (χ3n) is 3.65. The Kier molecular flexibility index (Phi) is 4.51. The number of aromatic amines is 2. The molecule has 6 heteroatoms. The van der Waals surface area contributed by atoms with Crippen LogP contribution in [0.2, 0.25) is 0 Å². The Morgan fingerprint density at radius 2 is 1.77 bits per heavy atom. The van der Waals surface area contributed by atoms with E-state index < -0.39 is 5.69 Å². The molecule has 2 rings (SSSR count). The van der Waals surface area contributed by atoms with Crippen LogP contribution in [0.15, 0.2) is 21.7 Å². The monoisotopic (exact) mass is 303 g/mol. The maximum absolute atomic E-state index is 11.9. The van der Waals surface area contributed by atoms with Gasteiger partial charge in [0.15, 0.2) is 0 Å². The Morgan fingerprint density at radius 3 is 2.41 bits per heavy atom. The largest absolute Gasteiger partial charge is 0.507 e. The van der Waals surface area contributed by atoms with Crippen molar-refractivity contribution in [3.05, 3.63) is 60.9 Å². The summed E-state index contributed by atoms with van der Waals surface area (Å²) in [5, 5.41) is 10.1. The maximum Gasteiger partial charge on any atom is 0.325 e. The van der Waals surface area contributed by atoms with Crippen LogP contribution in [-0.2, 0) is 13.1 Å².